The van der Waals surface area contributed by atoms with Gasteiger partial charge in [-0.05, 0) is 68.3 Å². The third-order valence-corrected chi connectivity index (χ3v) is 6.14. The van der Waals surface area contributed by atoms with Crippen LogP contribution in [0, 0.1) is 0 Å². The Balaban J connectivity index is 1.29. The maximum atomic E-state index is 11.7. The number of primary amides is 1. The van der Waals surface area contributed by atoms with Crippen molar-refractivity contribution in [2.45, 2.75) is 31.9 Å². The molecule has 36 heavy (non-hydrogen) atoms. The molecule has 0 saturated heterocycles. The van der Waals surface area contributed by atoms with Crippen molar-refractivity contribution in [1.82, 2.24) is 10.3 Å². The lowest BCUT2D eigenvalue weighted by molar-refractivity contribution is 0.0995. The van der Waals surface area contributed by atoms with Gasteiger partial charge < -0.3 is 30.6 Å². The number of nitrogens with one attached hydrogen (secondary N) is 2. The van der Waals surface area contributed by atoms with Gasteiger partial charge in [-0.3, -0.25) is 4.79 Å². The van der Waals surface area contributed by atoms with Crippen LogP contribution in [0.3, 0.4) is 0 Å². The number of aliphatic hydroxyl groups is 1. The van der Waals surface area contributed by atoms with Crippen molar-refractivity contribution in [3.8, 4) is 17.2 Å². The molecular formula is C28H30ClN3O4. The molecule has 1 aromatic heterocycles. The molecule has 3 aromatic carbocycles. The number of carbonyl (C=O) groups excluding carboxylic acids is 1. The first-order chi connectivity index (χ1) is 17.2. The Kier molecular flexibility index (Phi) is 7.84. The summed E-state index contributed by atoms with van der Waals surface area (Å²) >= 11 is 6.09. The molecule has 0 fully saturated rings. The van der Waals surface area contributed by atoms with E-state index in [2.05, 4.69) is 24.1 Å². The fourth-order valence-corrected chi connectivity index (χ4v) is 4.28. The molecule has 0 aliphatic rings. The molecule has 1 unspecified atom stereocenters. The minimum absolute atomic E-state index is 0.154. The lowest BCUT2D eigenvalue weighted by atomic mass is 9.94. The Bertz CT molecular complexity index is 1330. The summed E-state index contributed by atoms with van der Waals surface area (Å²) in [4.78, 5) is 14.9. The molecule has 1 atom stereocenters. The van der Waals surface area contributed by atoms with E-state index in [1.165, 1.54) is 0 Å². The van der Waals surface area contributed by atoms with Crippen LogP contribution in [0.1, 0.15) is 29.8 Å². The summed E-state index contributed by atoms with van der Waals surface area (Å²) in [5.74, 6) is 0.984. The van der Waals surface area contributed by atoms with E-state index in [0.717, 1.165) is 28.6 Å². The van der Waals surface area contributed by atoms with E-state index in [-0.39, 0.29) is 22.7 Å². The lowest BCUT2D eigenvalue weighted by Gasteiger charge is -2.28. The van der Waals surface area contributed by atoms with Crippen LogP contribution in [0.5, 0.6) is 17.2 Å². The Hall–Kier alpha value is -3.52. The molecule has 0 bridgehead atoms. The quantitative estimate of drug-likeness (QED) is 0.227. The molecule has 5 N–H and O–H groups in total. The third-order valence-electron chi connectivity index (χ3n) is 5.82. The lowest BCUT2D eigenvalue weighted by Crippen LogP contribution is -2.46. The van der Waals surface area contributed by atoms with Crippen molar-refractivity contribution < 1.29 is 19.4 Å². The summed E-state index contributed by atoms with van der Waals surface area (Å²) in [6.45, 7) is 4.74. The minimum Gasteiger partial charge on any atom is -0.490 e. The number of amides is 1. The minimum atomic E-state index is -0.661. The molecule has 4 aromatic rings. The number of carbonyl (C=O) groups is 1. The Morgan fingerprint density at radius 2 is 1.81 bits per heavy atom. The number of benzene rings is 3. The van der Waals surface area contributed by atoms with Crippen molar-refractivity contribution in [3.05, 3.63) is 89.1 Å². The molecule has 0 aliphatic carbocycles. The number of β-amino-alcohol motifs (C(OH)–C–C–N with tert-alkyl or cyclic N) is 1. The van der Waals surface area contributed by atoms with Crippen molar-refractivity contribution in [3.63, 3.8) is 0 Å². The topological polar surface area (TPSA) is 110 Å². The second-order valence-corrected chi connectivity index (χ2v) is 9.73. The van der Waals surface area contributed by atoms with Crippen LogP contribution in [-0.2, 0) is 6.42 Å². The number of ether oxygens (including phenoxy) is 2. The Morgan fingerprint density at radius 3 is 2.56 bits per heavy atom. The first-order valence-corrected chi connectivity index (χ1v) is 12.1. The van der Waals surface area contributed by atoms with E-state index in [1.807, 2.05) is 54.7 Å². The van der Waals surface area contributed by atoms with Crippen molar-refractivity contribution >= 4 is 28.4 Å². The van der Waals surface area contributed by atoms with Gasteiger partial charge in [0.25, 0.3) is 5.91 Å². The van der Waals surface area contributed by atoms with Gasteiger partial charge in [0.2, 0.25) is 0 Å². The number of halogens is 1. The van der Waals surface area contributed by atoms with Gasteiger partial charge in [0, 0.05) is 29.2 Å². The van der Waals surface area contributed by atoms with E-state index < -0.39 is 12.0 Å². The van der Waals surface area contributed by atoms with Gasteiger partial charge in [0.1, 0.15) is 35.5 Å². The smallest absolute Gasteiger partial charge is 0.254 e. The summed E-state index contributed by atoms with van der Waals surface area (Å²) < 4.78 is 11.7. The highest BCUT2D eigenvalue weighted by Crippen LogP contribution is 2.30. The van der Waals surface area contributed by atoms with Gasteiger partial charge >= 0.3 is 0 Å². The summed E-state index contributed by atoms with van der Waals surface area (Å²) in [5, 5.41) is 15.1. The molecule has 0 saturated carbocycles. The fourth-order valence-electron chi connectivity index (χ4n) is 4.03. The van der Waals surface area contributed by atoms with E-state index >= 15 is 0 Å². The first-order valence-electron chi connectivity index (χ1n) is 11.7. The number of aromatic amines is 1. The molecule has 1 heterocycles. The molecule has 4 rings (SSSR count). The van der Waals surface area contributed by atoms with Gasteiger partial charge in [0.05, 0.1) is 5.02 Å². The highest BCUT2D eigenvalue weighted by Gasteiger charge is 2.20. The van der Waals surface area contributed by atoms with E-state index in [4.69, 9.17) is 26.8 Å². The first kappa shape index (κ1) is 25.6. The van der Waals surface area contributed by atoms with E-state index in [9.17, 15) is 9.90 Å². The number of rotatable bonds is 11. The SMILES string of the molecule is CC(C)(Cc1ccc(Oc2cccc(Cl)c2C(N)=O)cc1)NCC(O)COc1cccc2[nH]ccc12. The Morgan fingerprint density at radius 1 is 1.08 bits per heavy atom. The number of fused-ring (bicyclic) bond motifs is 1. The highest BCUT2D eigenvalue weighted by molar-refractivity contribution is 6.34. The molecule has 0 spiro atoms. The molecular weight excluding hydrogens is 478 g/mol. The number of hydrogen-bond acceptors (Lipinski definition) is 5. The molecule has 8 heteroatoms. The number of hydrogen-bond donors (Lipinski definition) is 4. The summed E-state index contributed by atoms with van der Waals surface area (Å²) in [7, 11) is 0. The summed E-state index contributed by atoms with van der Waals surface area (Å²) in [5.41, 5.74) is 7.41. The largest absolute Gasteiger partial charge is 0.490 e. The van der Waals surface area contributed by atoms with Crippen LogP contribution < -0.4 is 20.5 Å². The molecule has 0 aliphatic heterocycles. The van der Waals surface area contributed by atoms with Crippen LogP contribution in [-0.4, -0.2) is 40.8 Å². The van der Waals surface area contributed by atoms with E-state index in [1.54, 1.807) is 18.2 Å². The zero-order valence-corrected chi connectivity index (χ0v) is 21.0. The predicted octanol–water partition coefficient (Wildman–Crippen LogP) is 5.06. The van der Waals surface area contributed by atoms with Crippen LogP contribution in [0.15, 0.2) is 72.9 Å². The van der Waals surface area contributed by atoms with Gasteiger partial charge in [-0.25, -0.2) is 0 Å². The highest BCUT2D eigenvalue weighted by atomic mass is 35.5. The van der Waals surface area contributed by atoms with Crippen LogP contribution in [0.2, 0.25) is 5.02 Å². The molecule has 188 valence electrons. The van der Waals surface area contributed by atoms with E-state index in [0.29, 0.717) is 18.0 Å². The van der Waals surface area contributed by atoms with Crippen LogP contribution >= 0.6 is 11.6 Å². The monoisotopic (exact) mass is 507 g/mol. The van der Waals surface area contributed by atoms with Crippen LogP contribution in [0.25, 0.3) is 10.9 Å². The average Bonchev–Trinajstić information content (AvgIpc) is 3.32. The average molecular weight is 508 g/mol. The standard InChI is InChI=1S/C28H30ClN3O4/c1-28(2,32-16-19(33)17-35-24-7-4-6-23-21(24)13-14-31-23)15-18-9-11-20(12-10-18)36-25-8-3-5-22(29)26(25)27(30)34/h3-14,19,31-33H,15-17H2,1-2H3,(H2,30,34). The fraction of sp³-hybridized carbons (Fsp3) is 0.250. The van der Waals surface area contributed by atoms with Gasteiger partial charge in [0.15, 0.2) is 0 Å². The predicted molar refractivity (Wildman–Crippen MR) is 142 cm³/mol. The van der Waals surface area contributed by atoms with Crippen LogP contribution in [0.4, 0.5) is 0 Å². The second-order valence-electron chi connectivity index (χ2n) is 9.32. The zero-order chi connectivity index (χ0) is 25.7. The summed E-state index contributed by atoms with van der Waals surface area (Å²) in [6, 6.07) is 20.3. The zero-order valence-electron chi connectivity index (χ0n) is 20.3. The maximum Gasteiger partial charge on any atom is 0.254 e. The Labute approximate surface area is 215 Å². The molecule has 0 radical (unpaired) electrons. The normalized spacial score (nSPS) is 12.4. The van der Waals surface area contributed by atoms with Crippen molar-refractivity contribution in [2.24, 2.45) is 5.73 Å². The second kappa shape index (κ2) is 11.0. The number of nitrogens with two attached hydrogens (primary N) is 1. The number of aromatic nitrogens is 1. The van der Waals surface area contributed by atoms with Gasteiger partial charge in [-0.15, -0.1) is 0 Å². The van der Waals surface area contributed by atoms with Gasteiger partial charge in [-0.2, -0.15) is 0 Å². The van der Waals surface area contributed by atoms with Crippen molar-refractivity contribution in [1.29, 1.82) is 0 Å². The third kappa shape index (κ3) is 6.37. The molecule has 1 amide bonds. The summed E-state index contributed by atoms with van der Waals surface area (Å²) in [6.07, 6.45) is 1.94. The van der Waals surface area contributed by atoms with Crippen molar-refractivity contribution in [2.75, 3.05) is 13.2 Å². The number of aliphatic hydroxyl groups excluding tert-OH is 1. The number of H-pyrrole nitrogens is 1. The molecule has 7 nitrogen and oxygen atoms in total. The maximum absolute atomic E-state index is 11.7. The van der Waals surface area contributed by atoms with Gasteiger partial charge in [-0.1, -0.05) is 35.9 Å².